The second-order valence-corrected chi connectivity index (χ2v) is 4.35. The van der Waals surface area contributed by atoms with Crippen LogP contribution in [0.1, 0.15) is 13.8 Å². The molecule has 1 heterocycles. The Hall–Kier alpha value is -1.81. The van der Waals surface area contributed by atoms with Gasteiger partial charge in [-0.15, -0.1) is 0 Å². The number of anilines is 2. The van der Waals surface area contributed by atoms with E-state index in [4.69, 9.17) is 10.5 Å². The molecule has 0 aliphatic rings. The first-order valence-corrected chi connectivity index (χ1v) is 6.73. The van der Waals surface area contributed by atoms with Crippen molar-refractivity contribution in [2.24, 2.45) is 0 Å². The molecule has 0 bridgehead atoms. The Balaban J connectivity index is 2.34. The third-order valence-electron chi connectivity index (χ3n) is 3.21. The van der Waals surface area contributed by atoms with Gasteiger partial charge in [0.2, 0.25) is 0 Å². The van der Waals surface area contributed by atoms with Crippen molar-refractivity contribution in [1.82, 2.24) is 4.98 Å². The predicted molar refractivity (Wildman–Crippen MR) is 80.5 cm³/mol. The van der Waals surface area contributed by atoms with Crippen molar-refractivity contribution in [2.45, 2.75) is 13.8 Å². The number of benzene rings is 1. The topological polar surface area (TPSA) is 51.4 Å². The Labute approximate surface area is 114 Å². The lowest BCUT2D eigenvalue weighted by Gasteiger charge is -2.24. The van der Waals surface area contributed by atoms with Gasteiger partial charge in [-0.1, -0.05) is 0 Å². The second-order valence-electron chi connectivity index (χ2n) is 4.35. The van der Waals surface area contributed by atoms with Crippen LogP contribution in [0.2, 0.25) is 0 Å². The Morgan fingerprint density at radius 3 is 2.84 bits per heavy atom. The first kappa shape index (κ1) is 13.6. The molecular weight excluding hydrogens is 238 g/mol. The number of rotatable bonds is 6. The second kappa shape index (κ2) is 6.38. The number of likely N-dealkylation sites (N-methyl/N-ethyl adjacent to an activating group) is 1. The highest BCUT2D eigenvalue weighted by Crippen LogP contribution is 2.29. The van der Waals surface area contributed by atoms with E-state index in [2.05, 4.69) is 28.9 Å². The maximum absolute atomic E-state index is 5.98. The van der Waals surface area contributed by atoms with Crippen molar-refractivity contribution in [3.63, 3.8) is 0 Å². The fourth-order valence-corrected chi connectivity index (χ4v) is 2.22. The van der Waals surface area contributed by atoms with Gasteiger partial charge in [0, 0.05) is 37.0 Å². The van der Waals surface area contributed by atoms with E-state index in [-0.39, 0.29) is 0 Å². The largest absolute Gasteiger partial charge is 0.397 e. The van der Waals surface area contributed by atoms with Crippen molar-refractivity contribution in [2.75, 3.05) is 36.9 Å². The van der Waals surface area contributed by atoms with Crippen LogP contribution in [0.4, 0.5) is 11.4 Å². The van der Waals surface area contributed by atoms with Crippen molar-refractivity contribution < 1.29 is 4.74 Å². The Morgan fingerprint density at radius 2 is 2.11 bits per heavy atom. The lowest BCUT2D eigenvalue weighted by Crippen LogP contribution is -2.27. The smallest absolute Gasteiger partial charge is 0.0951 e. The molecule has 0 aliphatic heterocycles. The maximum Gasteiger partial charge on any atom is 0.0951 e. The maximum atomic E-state index is 5.98. The summed E-state index contributed by atoms with van der Waals surface area (Å²) in [6.07, 6.45) is 1.78. The van der Waals surface area contributed by atoms with E-state index >= 15 is 0 Å². The Morgan fingerprint density at radius 1 is 1.26 bits per heavy atom. The van der Waals surface area contributed by atoms with Gasteiger partial charge in [-0.05, 0) is 38.1 Å². The molecule has 19 heavy (non-hydrogen) atoms. The minimum Gasteiger partial charge on any atom is -0.397 e. The fourth-order valence-electron chi connectivity index (χ4n) is 2.22. The van der Waals surface area contributed by atoms with E-state index < -0.39 is 0 Å². The molecule has 1 aromatic carbocycles. The quantitative estimate of drug-likeness (QED) is 0.640. The lowest BCUT2D eigenvalue weighted by atomic mass is 10.1. The summed E-state index contributed by atoms with van der Waals surface area (Å²) in [4.78, 5) is 6.66. The number of pyridine rings is 1. The summed E-state index contributed by atoms with van der Waals surface area (Å²) in [6.45, 7) is 7.45. The van der Waals surface area contributed by atoms with Gasteiger partial charge in [-0.25, -0.2) is 0 Å². The third-order valence-corrected chi connectivity index (χ3v) is 3.21. The number of ether oxygens (including phenoxy) is 1. The van der Waals surface area contributed by atoms with Crippen LogP contribution in [-0.4, -0.2) is 31.3 Å². The molecule has 0 fully saturated rings. The van der Waals surface area contributed by atoms with E-state index in [1.807, 2.05) is 19.1 Å². The first-order valence-electron chi connectivity index (χ1n) is 6.73. The monoisotopic (exact) mass is 259 g/mol. The molecule has 0 atom stereocenters. The molecule has 0 saturated heterocycles. The highest BCUT2D eigenvalue weighted by molar-refractivity contribution is 5.98. The van der Waals surface area contributed by atoms with Gasteiger partial charge in [0.1, 0.15) is 0 Å². The average molecular weight is 259 g/mol. The fraction of sp³-hybridized carbons (Fsp3) is 0.400. The normalized spacial score (nSPS) is 10.8. The molecule has 1 aromatic heterocycles. The van der Waals surface area contributed by atoms with Crippen LogP contribution in [-0.2, 0) is 4.74 Å². The molecule has 0 radical (unpaired) electrons. The van der Waals surface area contributed by atoms with E-state index in [1.54, 1.807) is 6.20 Å². The zero-order chi connectivity index (χ0) is 13.7. The summed E-state index contributed by atoms with van der Waals surface area (Å²) in [5, 5.41) is 1.10. The molecule has 4 heteroatoms. The summed E-state index contributed by atoms with van der Waals surface area (Å²) in [5.74, 6) is 0. The SMILES string of the molecule is CCOCCN(CC)c1ccc(N)c2ncccc12. The predicted octanol–water partition coefficient (Wildman–Crippen LogP) is 2.68. The lowest BCUT2D eigenvalue weighted by molar-refractivity contribution is 0.154. The highest BCUT2D eigenvalue weighted by Gasteiger charge is 2.10. The van der Waals surface area contributed by atoms with Crippen LogP contribution in [0.25, 0.3) is 10.9 Å². The van der Waals surface area contributed by atoms with Gasteiger partial charge in [0.15, 0.2) is 0 Å². The number of nitrogen functional groups attached to an aromatic ring is 1. The van der Waals surface area contributed by atoms with Gasteiger partial charge < -0.3 is 15.4 Å². The van der Waals surface area contributed by atoms with Gasteiger partial charge in [0.25, 0.3) is 0 Å². The minimum absolute atomic E-state index is 0.722. The Kier molecular flexibility index (Phi) is 4.58. The van der Waals surface area contributed by atoms with E-state index in [9.17, 15) is 0 Å². The standard InChI is InChI=1S/C15H21N3O/c1-3-18(10-11-19-4-2)14-8-7-13(16)15-12(14)6-5-9-17-15/h5-9H,3-4,10-11,16H2,1-2H3. The zero-order valence-electron chi connectivity index (χ0n) is 11.6. The molecule has 0 amide bonds. The molecule has 2 N–H and O–H groups in total. The summed E-state index contributed by atoms with van der Waals surface area (Å²) in [6, 6.07) is 8.00. The summed E-state index contributed by atoms with van der Waals surface area (Å²) < 4.78 is 5.44. The number of nitrogens with two attached hydrogens (primary N) is 1. The van der Waals surface area contributed by atoms with Crippen molar-refractivity contribution >= 4 is 22.3 Å². The Bertz CT molecular complexity index is 542. The van der Waals surface area contributed by atoms with Crippen LogP contribution in [0.5, 0.6) is 0 Å². The third kappa shape index (κ3) is 2.96. The summed E-state index contributed by atoms with van der Waals surface area (Å²) in [7, 11) is 0. The first-order chi connectivity index (χ1) is 9.27. The van der Waals surface area contributed by atoms with Gasteiger partial charge >= 0.3 is 0 Å². The van der Waals surface area contributed by atoms with Crippen LogP contribution in [0.3, 0.4) is 0 Å². The van der Waals surface area contributed by atoms with Gasteiger partial charge in [-0.2, -0.15) is 0 Å². The highest BCUT2D eigenvalue weighted by atomic mass is 16.5. The molecule has 4 nitrogen and oxygen atoms in total. The van der Waals surface area contributed by atoms with Crippen LogP contribution >= 0.6 is 0 Å². The van der Waals surface area contributed by atoms with E-state index in [0.29, 0.717) is 0 Å². The number of fused-ring (bicyclic) bond motifs is 1. The van der Waals surface area contributed by atoms with Crippen LogP contribution < -0.4 is 10.6 Å². The molecule has 2 rings (SSSR count). The van der Waals surface area contributed by atoms with E-state index in [1.165, 1.54) is 5.69 Å². The van der Waals surface area contributed by atoms with Crippen molar-refractivity contribution in [3.05, 3.63) is 30.5 Å². The molecule has 0 saturated carbocycles. The molecule has 2 aromatic rings. The molecule has 102 valence electrons. The van der Waals surface area contributed by atoms with E-state index in [0.717, 1.165) is 42.9 Å². The van der Waals surface area contributed by atoms with Crippen molar-refractivity contribution in [1.29, 1.82) is 0 Å². The van der Waals surface area contributed by atoms with Crippen LogP contribution in [0.15, 0.2) is 30.5 Å². The van der Waals surface area contributed by atoms with Gasteiger partial charge in [0.05, 0.1) is 17.8 Å². The number of aromatic nitrogens is 1. The molecule has 0 spiro atoms. The molecular formula is C15H21N3O. The molecule has 0 aliphatic carbocycles. The number of hydrogen-bond donors (Lipinski definition) is 1. The minimum atomic E-state index is 0.722. The van der Waals surface area contributed by atoms with Crippen molar-refractivity contribution in [3.8, 4) is 0 Å². The zero-order valence-corrected chi connectivity index (χ0v) is 11.6. The van der Waals surface area contributed by atoms with Gasteiger partial charge in [-0.3, -0.25) is 4.98 Å². The number of nitrogens with zero attached hydrogens (tertiary/aromatic N) is 2. The van der Waals surface area contributed by atoms with Crippen LogP contribution in [0, 0.1) is 0 Å². The average Bonchev–Trinajstić information content (AvgIpc) is 2.45. The molecule has 0 unspecified atom stereocenters. The summed E-state index contributed by atoms with van der Waals surface area (Å²) in [5.41, 5.74) is 8.74. The number of hydrogen-bond acceptors (Lipinski definition) is 4. The summed E-state index contributed by atoms with van der Waals surface area (Å²) >= 11 is 0.